The number of nitrogens with one attached hydrogen (secondary N) is 1. The number of para-hydroxylation sites is 1. The fourth-order valence-corrected chi connectivity index (χ4v) is 4.66. The van der Waals surface area contributed by atoms with Gasteiger partial charge in [0.25, 0.3) is 0 Å². The molecule has 158 valence electrons. The van der Waals surface area contributed by atoms with Gasteiger partial charge in [0.15, 0.2) is 8.32 Å². The molecule has 5 heteroatoms. The Balaban J connectivity index is 1.98. The SMILES string of the molecule is COC(=O)[C@H]1CC[C@H](Nc2ccccc2C(C)CO[Si](C)(C)C(C)(C)C)CC1. The van der Waals surface area contributed by atoms with Crippen molar-refractivity contribution >= 4 is 20.0 Å². The lowest BCUT2D eigenvalue weighted by atomic mass is 9.85. The van der Waals surface area contributed by atoms with Crippen LogP contribution in [0.5, 0.6) is 0 Å². The average Bonchev–Trinajstić information content (AvgIpc) is 2.65. The fourth-order valence-electron chi connectivity index (χ4n) is 3.56. The summed E-state index contributed by atoms with van der Waals surface area (Å²) in [6.45, 7) is 14.5. The van der Waals surface area contributed by atoms with E-state index in [9.17, 15) is 4.79 Å². The molecule has 2 rings (SSSR count). The van der Waals surface area contributed by atoms with Crippen molar-refractivity contribution in [3.63, 3.8) is 0 Å². The largest absolute Gasteiger partial charge is 0.469 e. The first-order valence-corrected chi connectivity index (χ1v) is 13.5. The monoisotopic (exact) mass is 405 g/mol. The Morgan fingerprint density at radius 1 is 1.18 bits per heavy atom. The number of carbonyl (C=O) groups is 1. The third-order valence-corrected chi connectivity index (χ3v) is 11.1. The second kappa shape index (κ2) is 9.44. The molecule has 1 saturated carbocycles. The lowest BCUT2D eigenvalue weighted by Gasteiger charge is -2.37. The highest BCUT2D eigenvalue weighted by atomic mass is 28.4. The molecular formula is C23H39NO3Si. The molecule has 1 aromatic rings. The van der Waals surface area contributed by atoms with Crippen molar-refractivity contribution < 1.29 is 14.0 Å². The number of hydrogen-bond donors (Lipinski definition) is 1. The standard InChI is InChI=1S/C23H39NO3Si/c1-17(16-27-28(6,7)23(2,3)4)20-10-8-9-11-21(20)24-19-14-12-18(13-15-19)22(25)26-5/h8-11,17-19,24H,12-16H2,1-7H3/t17?,18-,19-. The van der Waals surface area contributed by atoms with Crippen molar-refractivity contribution in [2.45, 2.75) is 83.5 Å². The van der Waals surface area contributed by atoms with Crippen LogP contribution in [0.3, 0.4) is 0 Å². The van der Waals surface area contributed by atoms with Crippen molar-refractivity contribution in [2.75, 3.05) is 19.0 Å². The zero-order valence-corrected chi connectivity index (χ0v) is 19.8. The molecular weight excluding hydrogens is 366 g/mol. The first-order valence-electron chi connectivity index (χ1n) is 10.6. The van der Waals surface area contributed by atoms with Crippen molar-refractivity contribution in [3.8, 4) is 0 Å². The van der Waals surface area contributed by atoms with Crippen LogP contribution in [-0.2, 0) is 14.0 Å². The van der Waals surface area contributed by atoms with Gasteiger partial charge in [0.1, 0.15) is 0 Å². The predicted octanol–water partition coefficient (Wildman–Crippen LogP) is 5.96. The fraction of sp³-hybridized carbons (Fsp3) is 0.696. The Hall–Kier alpha value is -1.33. The van der Waals surface area contributed by atoms with E-state index in [1.54, 1.807) is 0 Å². The van der Waals surface area contributed by atoms with Crippen LogP contribution in [0.2, 0.25) is 18.1 Å². The van der Waals surface area contributed by atoms with Crippen LogP contribution in [0.15, 0.2) is 24.3 Å². The summed E-state index contributed by atoms with van der Waals surface area (Å²) < 4.78 is 11.4. The first-order chi connectivity index (χ1) is 13.0. The van der Waals surface area contributed by atoms with Crippen molar-refractivity contribution in [2.24, 2.45) is 5.92 Å². The van der Waals surface area contributed by atoms with E-state index >= 15 is 0 Å². The third kappa shape index (κ3) is 5.83. The molecule has 0 radical (unpaired) electrons. The molecule has 0 bridgehead atoms. The predicted molar refractivity (Wildman–Crippen MR) is 119 cm³/mol. The molecule has 1 aromatic carbocycles. The highest BCUT2D eigenvalue weighted by Crippen LogP contribution is 2.38. The van der Waals surface area contributed by atoms with E-state index in [4.69, 9.17) is 9.16 Å². The van der Waals surface area contributed by atoms with Gasteiger partial charge in [0.05, 0.1) is 13.0 Å². The summed E-state index contributed by atoms with van der Waals surface area (Å²) in [7, 11) is -0.264. The molecule has 1 unspecified atom stereocenters. The Bertz CT molecular complexity index is 645. The Morgan fingerprint density at radius 3 is 2.36 bits per heavy atom. The zero-order chi connectivity index (χ0) is 20.9. The molecule has 1 aliphatic carbocycles. The van der Waals surface area contributed by atoms with Gasteiger partial charge in [-0.2, -0.15) is 0 Å². The Morgan fingerprint density at radius 2 is 1.79 bits per heavy atom. The van der Waals surface area contributed by atoms with E-state index in [1.165, 1.54) is 18.4 Å². The summed E-state index contributed by atoms with van der Waals surface area (Å²) in [4.78, 5) is 11.7. The number of carbonyl (C=O) groups excluding carboxylic acids is 1. The maximum Gasteiger partial charge on any atom is 0.308 e. The molecule has 0 aliphatic heterocycles. The summed E-state index contributed by atoms with van der Waals surface area (Å²) in [6.07, 6.45) is 3.80. The van der Waals surface area contributed by atoms with Crippen LogP contribution < -0.4 is 5.32 Å². The summed E-state index contributed by atoms with van der Waals surface area (Å²) >= 11 is 0. The van der Waals surface area contributed by atoms with E-state index in [2.05, 4.69) is 70.4 Å². The van der Waals surface area contributed by atoms with Crippen LogP contribution in [0, 0.1) is 5.92 Å². The van der Waals surface area contributed by atoms with Gasteiger partial charge in [-0.3, -0.25) is 4.79 Å². The molecule has 4 nitrogen and oxygen atoms in total. The average molecular weight is 406 g/mol. The van der Waals surface area contributed by atoms with E-state index in [-0.39, 0.29) is 16.9 Å². The van der Waals surface area contributed by atoms with Gasteiger partial charge in [0.2, 0.25) is 0 Å². The van der Waals surface area contributed by atoms with Crippen molar-refractivity contribution in [3.05, 3.63) is 29.8 Å². The number of hydrogen-bond acceptors (Lipinski definition) is 4. The molecule has 0 saturated heterocycles. The Labute approximate surface area is 172 Å². The van der Waals surface area contributed by atoms with Gasteiger partial charge in [0, 0.05) is 24.3 Å². The minimum atomic E-state index is -1.75. The molecule has 1 fully saturated rings. The molecule has 0 amide bonds. The summed E-state index contributed by atoms with van der Waals surface area (Å²) in [5, 5.41) is 3.96. The van der Waals surface area contributed by atoms with Gasteiger partial charge in [-0.15, -0.1) is 0 Å². The van der Waals surface area contributed by atoms with Gasteiger partial charge < -0.3 is 14.5 Å². The van der Waals surface area contributed by atoms with Crippen LogP contribution in [-0.4, -0.2) is 34.0 Å². The van der Waals surface area contributed by atoms with E-state index < -0.39 is 8.32 Å². The first kappa shape index (κ1) is 23.0. The van der Waals surface area contributed by atoms with E-state index in [0.29, 0.717) is 12.0 Å². The molecule has 28 heavy (non-hydrogen) atoms. The molecule has 0 aromatic heterocycles. The normalized spacial score (nSPS) is 21.8. The highest BCUT2D eigenvalue weighted by Gasteiger charge is 2.37. The molecule has 1 N–H and O–H groups in total. The second-order valence-corrected chi connectivity index (χ2v) is 14.6. The second-order valence-electron chi connectivity index (χ2n) is 9.78. The Kier molecular flexibility index (Phi) is 7.74. The smallest absolute Gasteiger partial charge is 0.308 e. The number of ether oxygens (including phenoxy) is 1. The van der Waals surface area contributed by atoms with Gasteiger partial charge in [-0.1, -0.05) is 45.9 Å². The van der Waals surface area contributed by atoms with E-state index in [0.717, 1.165) is 32.3 Å². The summed E-state index contributed by atoms with van der Waals surface area (Å²) in [5.74, 6) is 0.342. The van der Waals surface area contributed by atoms with Crippen LogP contribution in [0.25, 0.3) is 0 Å². The lowest BCUT2D eigenvalue weighted by molar-refractivity contribution is -0.146. The minimum Gasteiger partial charge on any atom is -0.469 e. The van der Waals surface area contributed by atoms with Crippen molar-refractivity contribution in [1.82, 2.24) is 0 Å². The van der Waals surface area contributed by atoms with Gasteiger partial charge >= 0.3 is 5.97 Å². The lowest BCUT2D eigenvalue weighted by Crippen LogP contribution is -2.41. The topological polar surface area (TPSA) is 47.6 Å². The maximum atomic E-state index is 11.7. The third-order valence-electron chi connectivity index (χ3n) is 6.61. The van der Waals surface area contributed by atoms with Gasteiger partial charge in [-0.05, 0) is 55.4 Å². The van der Waals surface area contributed by atoms with Gasteiger partial charge in [-0.25, -0.2) is 0 Å². The number of benzene rings is 1. The number of rotatable bonds is 7. The van der Waals surface area contributed by atoms with Crippen molar-refractivity contribution in [1.29, 1.82) is 0 Å². The van der Waals surface area contributed by atoms with E-state index in [1.807, 2.05) is 0 Å². The molecule has 1 aliphatic rings. The molecule has 0 heterocycles. The number of methoxy groups -OCH3 is 1. The highest BCUT2D eigenvalue weighted by molar-refractivity contribution is 6.74. The minimum absolute atomic E-state index is 0.0600. The maximum absolute atomic E-state index is 11.7. The molecule has 1 atom stereocenters. The molecule has 0 spiro atoms. The zero-order valence-electron chi connectivity index (χ0n) is 18.8. The number of anilines is 1. The summed E-state index contributed by atoms with van der Waals surface area (Å²) in [5.41, 5.74) is 2.52. The quantitative estimate of drug-likeness (QED) is 0.449. The number of esters is 1. The van der Waals surface area contributed by atoms with Crippen LogP contribution >= 0.6 is 0 Å². The van der Waals surface area contributed by atoms with Crippen LogP contribution in [0.4, 0.5) is 5.69 Å². The summed E-state index contributed by atoms with van der Waals surface area (Å²) in [6, 6.07) is 8.99. The van der Waals surface area contributed by atoms with Crippen LogP contribution in [0.1, 0.15) is 64.9 Å².